The maximum Gasteiger partial charge on any atom is 0.293 e. The Morgan fingerprint density at radius 1 is 1.55 bits per heavy atom. The first-order valence-electron chi connectivity index (χ1n) is 3.64. The van der Waals surface area contributed by atoms with E-state index in [2.05, 4.69) is 4.74 Å². The third kappa shape index (κ3) is 1.93. The second-order valence-electron chi connectivity index (χ2n) is 2.57. The van der Waals surface area contributed by atoms with Gasteiger partial charge in [0.25, 0.3) is 6.47 Å². The Hall–Kier alpha value is -1.06. The molecule has 0 aromatic heterocycles. The predicted octanol–water partition coefficient (Wildman–Crippen LogP) is -0.220. The number of nitrogens with zero attached hydrogens (tertiary/aromatic N) is 1. The number of hydrogen-bond donors (Lipinski definition) is 0. The van der Waals surface area contributed by atoms with Crippen molar-refractivity contribution in [1.82, 2.24) is 4.90 Å². The molecule has 1 amide bonds. The van der Waals surface area contributed by atoms with Crippen LogP contribution in [0.1, 0.15) is 12.8 Å². The standard InChI is InChI=1S/C7H11NO3/c9-5-8-3-1-2-7(8)4-11-6-10/h5-7H,1-4H2/t7-/m0/s1. The number of hydrogen-bond acceptors (Lipinski definition) is 3. The molecule has 1 aliphatic rings. The van der Waals surface area contributed by atoms with Gasteiger partial charge >= 0.3 is 0 Å². The van der Waals surface area contributed by atoms with E-state index in [0.29, 0.717) is 13.1 Å². The van der Waals surface area contributed by atoms with Crippen LogP contribution in [0.4, 0.5) is 0 Å². The zero-order valence-electron chi connectivity index (χ0n) is 6.23. The molecule has 0 aliphatic carbocycles. The summed E-state index contributed by atoms with van der Waals surface area (Å²) in [7, 11) is 0. The lowest BCUT2D eigenvalue weighted by Crippen LogP contribution is -2.31. The van der Waals surface area contributed by atoms with Crippen molar-refractivity contribution in [2.24, 2.45) is 0 Å². The van der Waals surface area contributed by atoms with Crippen LogP contribution in [0.2, 0.25) is 0 Å². The van der Waals surface area contributed by atoms with Crippen LogP contribution in [0.15, 0.2) is 0 Å². The molecule has 0 bridgehead atoms. The van der Waals surface area contributed by atoms with E-state index in [4.69, 9.17) is 0 Å². The third-order valence-electron chi connectivity index (χ3n) is 1.91. The molecule has 0 N–H and O–H groups in total. The average Bonchev–Trinajstić information content (AvgIpc) is 2.47. The molecule has 0 spiro atoms. The monoisotopic (exact) mass is 157 g/mol. The highest BCUT2D eigenvalue weighted by molar-refractivity contribution is 5.48. The van der Waals surface area contributed by atoms with E-state index >= 15 is 0 Å². The Labute approximate surface area is 65.1 Å². The van der Waals surface area contributed by atoms with Gasteiger partial charge in [0.05, 0.1) is 6.04 Å². The summed E-state index contributed by atoms with van der Waals surface area (Å²) in [5.74, 6) is 0. The largest absolute Gasteiger partial charge is 0.466 e. The molecule has 4 nitrogen and oxygen atoms in total. The van der Waals surface area contributed by atoms with E-state index in [1.54, 1.807) is 4.90 Å². The summed E-state index contributed by atoms with van der Waals surface area (Å²) < 4.78 is 4.57. The third-order valence-corrected chi connectivity index (χ3v) is 1.91. The Bertz CT molecular complexity index is 149. The molecule has 4 heteroatoms. The number of carbonyl (C=O) groups is 2. The molecule has 62 valence electrons. The van der Waals surface area contributed by atoms with Crippen LogP contribution in [-0.2, 0) is 14.3 Å². The SMILES string of the molecule is O=COC[C@@H]1CCCN1C=O. The van der Waals surface area contributed by atoms with Gasteiger partial charge in [0, 0.05) is 6.54 Å². The van der Waals surface area contributed by atoms with Crippen LogP contribution in [0, 0.1) is 0 Å². The van der Waals surface area contributed by atoms with Crippen molar-refractivity contribution in [3.05, 3.63) is 0 Å². The summed E-state index contributed by atoms with van der Waals surface area (Å²) in [5.41, 5.74) is 0. The minimum Gasteiger partial charge on any atom is -0.466 e. The highest BCUT2D eigenvalue weighted by atomic mass is 16.5. The van der Waals surface area contributed by atoms with E-state index < -0.39 is 0 Å². The maximum absolute atomic E-state index is 10.4. The summed E-state index contributed by atoms with van der Waals surface area (Å²) in [6, 6.07) is 0.109. The highest BCUT2D eigenvalue weighted by Gasteiger charge is 2.22. The summed E-state index contributed by atoms with van der Waals surface area (Å²) in [5, 5.41) is 0. The van der Waals surface area contributed by atoms with E-state index in [1.165, 1.54) is 0 Å². The molecule has 0 radical (unpaired) electrons. The van der Waals surface area contributed by atoms with E-state index in [0.717, 1.165) is 25.8 Å². The summed E-state index contributed by atoms with van der Waals surface area (Å²) in [6.45, 7) is 1.54. The van der Waals surface area contributed by atoms with Crippen molar-refractivity contribution in [2.75, 3.05) is 13.2 Å². The van der Waals surface area contributed by atoms with Gasteiger partial charge < -0.3 is 9.64 Å². The predicted molar refractivity (Wildman–Crippen MR) is 37.8 cm³/mol. The quantitative estimate of drug-likeness (QED) is 0.530. The zero-order chi connectivity index (χ0) is 8.10. The number of carbonyl (C=O) groups excluding carboxylic acids is 2. The molecular formula is C7H11NO3. The fourth-order valence-corrected chi connectivity index (χ4v) is 1.33. The van der Waals surface area contributed by atoms with Crippen molar-refractivity contribution in [2.45, 2.75) is 18.9 Å². The zero-order valence-corrected chi connectivity index (χ0v) is 6.23. The first kappa shape index (κ1) is 8.04. The second kappa shape index (κ2) is 3.95. The fraction of sp³-hybridized carbons (Fsp3) is 0.714. The van der Waals surface area contributed by atoms with Crippen LogP contribution < -0.4 is 0 Å². The van der Waals surface area contributed by atoms with Gasteiger partial charge in [-0.1, -0.05) is 0 Å². The molecule has 0 unspecified atom stereocenters. The van der Waals surface area contributed by atoms with Crippen molar-refractivity contribution >= 4 is 12.9 Å². The molecule has 0 saturated carbocycles. The lowest BCUT2D eigenvalue weighted by Gasteiger charge is -2.17. The molecule has 1 heterocycles. The fourth-order valence-electron chi connectivity index (χ4n) is 1.33. The van der Waals surface area contributed by atoms with Gasteiger partial charge in [0.1, 0.15) is 6.61 Å². The van der Waals surface area contributed by atoms with E-state index in [-0.39, 0.29) is 6.04 Å². The molecule has 11 heavy (non-hydrogen) atoms. The lowest BCUT2D eigenvalue weighted by atomic mass is 10.2. The van der Waals surface area contributed by atoms with Gasteiger partial charge in [-0.3, -0.25) is 9.59 Å². The average molecular weight is 157 g/mol. The normalized spacial score (nSPS) is 23.3. The van der Waals surface area contributed by atoms with Gasteiger partial charge in [-0.15, -0.1) is 0 Å². The first-order valence-corrected chi connectivity index (χ1v) is 3.64. The minimum absolute atomic E-state index is 0.109. The van der Waals surface area contributed by atoms with Crippen LogP contribution in [0.5, 0.6) is 0 Å². The highest BCUT2D eigenvalue weighted by Crippen LogP contribution is 2.14. The van der Waals surface area contributed by atoms with Crippen molar-refractivity contribution in [1.29, 1.82) is 0 Å². The molecule has 1 aliphatic heterocycles. The second-order valence-corrected chi connectivity index (χ2v) is 2.57. The Kier molecular flexibility index (Phi) is 2.89. The van der Waals surface area contributed by atoms with E-state index in [9.17, 15) is 9.59 Å². The summed E-state index contributed by atoms with van der Waals surface area (Å²) in [4.78, 5) is 21.9. The molecular weight excluding hydrogens is 146 g/mol. The van der Waals surface area contributed by atoms with Gasteiger partial charge in [-0.05, 0) is 12.8 Å². The van der Waals surface area contributed by atoms with Crippen LogP contribution in [-0.4, -0.2) is 37.0 Å². The van der Waals surface area contributed by atoms with Gasteiger partial charge in [-0.2, -0.15) is 0 Å². The topological polar surface area (TPSA) is 46.6 Å². The molecule has 1 rings (SSSR count). The molecule has 0 aromatic carbocycles. The number of rotatable bonds is 4. The summed E-state index contributed by atoms with van der Waals surface area (Å²) >= 11 is 0. The Morgan fingerprint density at radius 3 is 3.00 bits per heavy atom. The Balaban J connectivity index is 2.30. The van der Waals surface area contributed by atoms with Crippen molar-refractivity contribution in [3.8, 4) is 0 Å². The maximum atomic E-state index is 10.4. The van der Waals surface area contributed by atoms with E-state index in [1.807, 2.05) is 0 Å². The minimum atomic E-state index is 0.109. The number of ether oxygens (including phenoxy) is 1. The van der Waals surface area contributed by atoms with Crippen molar-refractivity contribution in [3.63, 3.8) is 0 Å². The molecule has 1 atom stereocenters. The van der Waals surface area contributed by atoms with Crippen molar-refractivity contribution < 1.29 is 14.3 Å². The molecule has 0 aromatic rings. The van der Waals surface area contributed by atoms with Crippen LogP contribution in [0.3, 0.4) is 0 Å². The number of likely N-dealkylation sites (tertiary alicyclic amines) is 1. The molecule has 1 saturated heterocycles. The lowest BCUT2D eigenvalue weighted by molar-refractivity contribution is -0.132. The molecule has 1 fully saturated rings. The first-order chi connectivity index (χ1) is 5.38. The van der Waals surface area contributed by atoms with Gasteiger partial charge in [0.15, 0.2) is 0 Å². The van der Waals surface area contributed by atoms with Gasteiger partial charge in [-0.25, -0.2) is 0 Å². The smallest absolute Gasteiger partial charge is 0.293 e. The van der Waals surface area contributed by atoms with Crippen LogP contribution >= 0.6 is 0 Å². The van der Waals surface area contributed by atoms with Gasteiger partial charge in [0.2, 0.25) is 6.41 Å². The summed E-state index contributed by atoms with van der Waals surface area (Å²) in [6.07, 6.45) is 2.75. The van der Waals surface area contributed by atoms with Crippen LogP contribution in [0.25, 0.3) is 0 Å². The Morgan fingerprint density at radius 2 is 2.36 bits per heavy atom. The number of amides is 1.